The van der Waals surface area contributed by atoms with Gasteiger partial charge in [0.25, 0.3) is 0 Å². The average Bonchev–Trinajstić information content (AvgIpc) is 3.23. The lowest BCUT2D eigenvalue weighted by Gasteiger charge is -2.08. The molecule has 1 unspecified atom stereocenters. The van der Waals surface area contributed by atoms with Crippen LogP contribution in [-0.4, -0.2) is 46.8 Å². The second-order valence-corrected chi connectivity index (χ2v) is 6.14. The number of benzene rings is 1. The molecule has 0 saturated heterocycles. The summed E-state index contributed by atoms with van der Waals surface area (Å²) in [6.45, 7) is 2.62. The summed E-state index contributed by atoms with van der Waals surface area (Å²) in [7, 11) is 3.03. The van der Waals surface area contributed by atoms with Crippen molar-refractivity contribution < 1.29 is 27.4 Å². The highest BCUT2D eigenvalue weighted by molar-refractivity contribution is 5.91. The third-order valence-corrected chi connectivity index (χ3v) is 4.16. The van der Waals surface area contributed by atoms with Crippen molar-refractivity contribution in [2.75, 3.05) is 20.8 Å². The fourth-order valence-electron chi connectivity index (χ4n) is 2.92. The third-order valence-electron chi connectivity index (χ3n) is 4.16. The molecule has 0 fully saturated rings. The van der Waals surface area contributed by atoms with Gasteiger partial charge in [0.15, 0.2) is 11.6 Å². The van der Waals surface area contributed by atoms with Crippen LogP contribution in [0.25, 0.3) is 22.4 Å². The van der Waals surface area contributed by atoms with Gasteiger partial charge in [0.1, 0.15) is 24.1 Å². The number of nitrogens with one attached hydrogen (secondary N) is 1. The quantitative estimate of drug-likeness (QED) is 0.649. The summed E-state index contributed by atoms with van der Waals surface area (Å²) in [5.74, 6) is 1.32. The lowest BCUT2D eigenvalue weighted by Crippen LogP contribution is -2.19. The van der Waals surface area contributed by atoms with Crippen LogP contribution in [0.15, 0.2) is 18.2 Å². The Balaban J connectivity index is 2.13. The Labute approximate surface area is 159 Å². The van der Waals surface area contributed by atoms with Crippen LogP contribution in [0.3, 0.4) is 0 Å². The first-order chi connectivity index (χ1) is 13.3. The van der Waals surface area contributed by atoms with Gasteiger partial charge in [0.2, 0.25) is 0 Å². The van der Waals surface area contributed by atoms with E-state index in [0.717, 1.165) is 4.68 Å². The van der Waals surface area contributed by atoms with Crippen LogP contribution < -0.4 is 9.47 Å². The Morgan fingerprint density at radius 2 is 1.93 bits per heavy atom. The summed E-state index contributed by atoms with van der Waals surface area (Å²) < 4.78 is 56.0. The predicted molar refractivity (Wildman–Crippen MR) is 96.5 cm³/mol. The van der Waals surface area contributed by atoms with Crippen LogP contribution >= 0.6 is 0 Å². The normalized spacial score (nSPS) is 13.1. The molecule has 0 bridgehead atoms. The highest BCUT2D eigenvalue weighted by Crippen LogP contribution is 2.34. The smallest absolute Gasteiger partial charge is 0.408 e. The van der Waals surface area contributed by atoms with Gasteiger partial charge in [-0.15, -0.1) is 0 Å². The molecule has 0 aliphatic heterocycles. The molecule has 0 amide bonds. The van der Waals surface area contributed by atoms with Gasteiger partial charge >= 0.3 is 6.18 Å². The van der Waals surface area contributed by atoms with E-state index in [0.29, 0.717) is 34.7 Å². The molecule has 2 aromatic heterocycles. The second kappa shape index (κ2) is 7.70. The number of nitrogens with zero attached hydrogens (tertiary/aromatic N) is 3. The molecule has 7 nitrogen and oxygen atoms in total. The highest BCUT2D eigenvalue weighted by atomic mass is 19.4. The van der Waals surface area contributed by atoms with Crippen molar-refractivity contribution in [2.45, 2.75) is 32.7 Å². The fourth-order valence-corrected chi connectivity index (χ4v) is 2.92. The highest BCUT2D eigenvalue weighted by Gasteiger charge is 2.31. The molecule has 1 N–H and O–H groups in total. The van der Waals surface area contributed by atoms with Gasteiger partial charge in [-0.3, -0.25) is 0 Å². The Morgan fingerprint density at radius 1 is 1.18 bits per heavy atom. The number of fused-ring (bicyclic) bond motifs is 1. The summed E-state index contributed by atoms with van der Waals surface area (Å²) in [6, 6.07) is 5.13. The van der Waals surface area contributed by atoms with Crippen molar-refractivity contribution >= 4 is 10.9 Å². The summed E-state index contributed by atoms with van der Waals surface area (Å²) in [5.41, 5.74) is 1.01. The Bertz CT molecular complexity index is 965. The lowest BCUT2D eigenvalue weighted by molar-refractivity contribution is -0.142. The van der Waals surface area contributed by atoms with Crippen molar-refractivity contribution in [1.29, 1.82) is 0 Å². The van der Waals surface area contributed by atoms with Crippen molar-refractivity contribution in [3.05, 3.63) is 24.0 Å². The van der Waals surface area contributed by atoms with Crippen LogP contribution in [-0.2, 0) is 11.3 Å². The minimum atomic E-state index is -4.44. The van der Waals surface area contributed by atoms with Crippen molar-refractivity contribution in [3.8, 4) is 23.0 Å². The molecule has 0 aliphatic carbocycles. The van der Waals surface area contributed by atoms with E-state index in [1.165, 1.54) is 14.2 Å². The number of ether oxygens (including phenoxy) is 3. The second-order valence-electron chi connectivity index (χ2n) is 6.14. The summed E-state index contributed by atoms with van der Waals surface area (Å²) in [5, 5.41) is 4.74. The maximum Gasteiger partial charge on any atom is 0.408 e. The van der Waals surface area contributed by atoms with Gasteiger partial charge in [-0.2, -0.15) is 18.3 Å². The SMILES string of the molecule is CCOC(C)c1nc(-c2cc3cc(OC)cc(OC)c3[nH]2)n(CC(F)(F)F)n1. The van der Waals surface area contributed by atoms with Crippen LogP contribution in [0.1, 0.15) is 25.8 Å². The van der Waals surface area contributed by atoms with E-state index >= 15 is 0 Å². The van der Waals surface area contributed by atoms with Gasteiger partial charge in [0.05, 0.1) is 25.4 Å². The number of alkyl halides is 3. The Morgan fingerprint density at radius 3 is 2.54 bits per heavy atom. The van der Waals surface area contributed by atoms with Gasteiger partial charge in [-0.25, -0.2) is 9.67 Å². The molecule has 0 spiro atoms. The number of H-pyrrole nitrogens is 1. The number of hydrogen-bond donors (Lipinski definition) is 1. The van der Waals surface area contributed by atoms with Crippen molar-refractivity contribution in [2.24, 2.45) is 0 Å². The van der Waals surface area contributed by atoms with Crippen LogP contribution in [0.2, 0.25) is 0 Å². The third kappa shape index (κ3) is 4.06. The standard InChI is InChI=1S/C18H21F3N4O3/c1-5-28-10(2)16-23-17(25(24-16)9-18(19,20)21)13-7-11-6-12(26-3)8-14(27-4)15(11)22-13/h6-8,10,22H,5,9H2,1-4H3. The Hall–Kier alpha value is -2.75. The first kappa shape index (κ1) is 20.0. The fraction of sp³-hybridized carbons (Fsp3) is 0.444. The number of methoxy groups -OCH3 is 2. The molecule has 0 saturated carbocycles. The van der Waals surface area contributed by atoms with Crippen molar-refractivity contribution in [3.63, 3.8) is 0 Å². The molecule has 1 aromatic carbocycles. The van der Waals surface area contributed by atoms with Crippen LogP contribution in [0.4, 0.5) is 13.2 Å². The van der Waals surface area contributed by atoms with Gasteiger partial charge < -0.3 is 19.2 Å². The number of hydrogen-bond acceptors (Lipinski definition) is 5. The topological polar surface area (TPSA) is 74.2 Å². The lowest BCUT2D eigenvalue weighted by atomic mass is 10.2. The van der Waals surface area contributed by atoms with Gasteiger partial charge in [-0.1, -0.05) is 0 Å². The van der Waals surface area contributed by atoms with E-state index < -0.39 is 18.8 Å². The number of aromatic amines is 1. The molecule has 1 atom stereocenters. The monoisotopic (exact) mass is 398 g/mol. The van der Waals surface area contributed by atoms with Crippen LogP contribution in [0, 0.1) is 0 Å². The molecule has 152 valence electrons. The zero-order valence-corrected chi connectivity index (χ0v) is 15.9. The molecule has 10 heteroatoms. The molecule has 28 heavy (non-hydrogen) atoms. The summed E-state index contributed by atoms with van der Waals surface area (Å²) in [6.07, 6.45) is -4.97. The van der Waals surface area contributed by atoms with E-state index in [1.807, 2.05) is 0 Å². The number of halogens is 3. The molecule has 0 aliphatic rings. The zero-order chi connectivity index (χ0) is 20.5. The Kier molecular flexibility index (Phi) is 5.50. The molecule has 3 aromatic rings. The van der Waals surface area contributed by atoms with Gasteiger partial charge in [0, 0.05) is 18.1 Å². The predicted octanol–water partition coefficient (Wildman–Crippen LogP) is 4.10. The largest absolute Gasteiger partial charge is 0.497 e. The minimum Gasteiger partial charge on any atom is -0.497 e. The maximum absolute atomic E-state index is 13.1. The zero-order valence-electron chi connectivity index (χ0n) is 15.9. The van der Waals surface area contributed by atoms with E-state index in [-0.39, 0.29) is 11.6 Å². The average molecular weight is 398 g/mol. The minimum absolute atomic E-state index is 0.0658. The van der Waals surface area contributed by atoms with Crippen molar-refractivity contribution in [1.82, 2.24) is 19.7 Å². The molecular formula is C18H21F3N4O3. The molecule has 2 heterocycles. The number of rotatable bonds is 7. The van der Waals surface area contributed by atoms with E-state index in [1.54, 1.807) is 32.0 Å². The summed E-state index contributed by atoms with van der Waals surface area (Å²) >= 11 is 0. The first-order valence-corrected chi connectivity index (χ1v) is 8.64. The van der Waals surface area contributed by atoms with Crippen LogP contribution in [0.5, 0.6) is 11.5 Å². The van der Waals surface area contributed by atoms with E-state index in [2.05, 4.69) is 15.1 Å². The van der Waals surface area contributed by atoms with Gasteiger partial charge in [-0.05, 0) is 26.0 Å². The first-order valence-electron chi connectivity index (χ1n) is 8.64. The van der Waals surface area contributed by atoms with E-state index in [4.69, 9.17) is 14.2 Å². The van der Waals surface area contributed by atoms with E-state index in [9.17, 15) is 13.2 Å². The molecule has 3 rings (SSSR count). The molecular weight excluding hydrogens is 377 g/mol. The number of aromatic nitrogens is 4. The summed E-state index contributed by atoms with van der Waals surface area (Å²) in [4.78, 5) is 7.38. The maximum atomic E-state index is 13.1. The molecule has 0 radical (unpaired) electrons.